The number of carbonyl (C=O) groups is 2. The van der Waals surface area contributed by atoms with Gasteiger partial charge in [0.1, 0.15) is 5.60 Å². The quantitative estimate of drug-likeness (QED) is 0.490. The second-order valence-electron chi connectivity index (χ2n) is 6.08. The second kappa shape index (κ2) is 7.90. The lowest BCUT2D eigenvalue weighted by molar-refractivity contribution is -0.135. The molecule has 0 aromatic rings. The first-order valence-electron chi connectivity index (χ1n) is 7.19. The minimum absolute atomic E-state index is 0.0718. The number of methoxy groups -OCH3 is 1. The van der Waals surface area contributed by atoms with Crippen LogP contribution >= 0.6 is 0 Å². The van der Waals surface area contributed by atoms with E-state index in [9.17, 15) is 9.59 Å². The molecule has 0 spiro atoms. The van der Waals surface area contributed by atoms with Crippen LogP contribution in [0.15, 0.2) is 12.3 Å². The first-order valence-corrected chi connectivity index (χ1v) is 7.19. The lowest BCUT2D eigenvalue weighted by Crippen LogP contribution is -2.41. The van der Waals surface area contributed by atoms with Gasteiger partial charge < -0.3 is 19.5 Å². The van der Waals surface area contributed by atoms with Crippen LogP contribution in [0.2, 0.25) is 0 Å². The van der Waals surface area contributed by atoms with E-state index in [0.29, 0.717) is 0 Å². The maximum Gasteiger partial charge on any atom is 0.407 e. The van der Waals surface area contributed by atoms with Gasteiger partial charge in [0.2, 0.25) is 0 Å². The van der Waals surface area contributed by atoms with Gasteiger partial charge in [-0.05, 0) is 46.5 Å². The zero-order valence-corrected chi connectivity index (χ0v) is 13.2. The van der Waals surface area contributed by atoms with Crippen molar-refractivity contribution in [2.24, 2.45) is 0 Å². The van der Waals surface area contributed by atoms with Crippen molar-refractivity contribution in [3.63, 3.8) is 0 Å². The molecule has 1 fully saturated rings. The molecule has 0 radical (unpaired) electrons. The molecule has 1 aliphatic rings. The van der Waals surface area contributed by atoms with E-state index in [0.717, 1.165) is 25.7 Å². The maximum atomic E-state index is 11.7. The van der Waals surface area contributed by atoms with E-state index >= 15 is 0 Å². The van der Waals surface area contributed by atoms with Crippen molar-refractivity contribution < 1.29 is 23.8 Å². The van der Waals surface area contributed by atoms with Gasteiger partial charge in [0.15, 0.2) is 0 Å². The van der Waals surface area contributed by atoms with Crippen LogP contribution in [-0.4, -0.2) is 36.9 Å². The largest absolute Gasteiger partial charge is 0.498 e. The van der Waals surface area contributed by atoms with Crippen LogP contribution in [0.4, 0.5) is 4.79 Å². The minimum atomic E-state index is -0.483. The minimum Gasteiger partial charge on any atom is -0.498 e. The van der Waals surface area contributed by atoms with E-state index in [4.69, 9.17) is 9.47 Å². The van der Waals surface area contributed by atoms with E-state index in [-0.39, 0.29) is 18.2 Å². The molecule has 0 aromatic heterocycles. The molecule has 0 heterocycles. The van der Waals surface area contributed by atoms with E-state index in [1.807, 2.05) is 20.8 Å². The Bertz CT molecular complexity index is 378. The van der Waals surface area contributed by atoms with Crippen LogP contribution in [0.5, 0.6) is 0 Å². The summed E-state index contributed by atoms with van der Waals surface area (Å²) in [4.78, 5) is 22.6. The highest BCUT2D eigenvalue weighted by Crippen LogP contribution is 2.22. The molecule has 1 amide bonds. The summed E-state index contributed by atoms with van der Waals surface area (Å²) in [6, 6.07) is 0.115. The van der Waals surface area contributed by atoms with Gasteiger partial charge in [-0.3, -0.25) is 0 Å². The Balaban J connectivity index is 2.24. The molecule has 6 nitrogen and oxygen atoms in total. The average molecular weight is 299 g/mol. The van der Waals surface area contributed by atoms with Crippen LogP contribution < -0.4 is 5.32 Å². The van der Waals surface area contributed by atoms with Crippen molar-refractivity contribution >= 4 is 12.1 Å². The summed E-state index contributed by atoms with van der Waals surface area (Å²) < 4.78 is 15.2. The number of rotatable bonds is 4. The van der Waals surface area contributed by atoms with E-state index in [1.54, 1.807) is 0 Å². The summed E-state index contributed by atoms with van der Waals surface area (Å²) in [5.41, 5.74) is -0.483. The highest BCUT2D eigenvalue weighted by molar-refractivity contribution is 5.81. The monoisotopic (exact) mass is 299 g/mol. The number of carbonyl (C=O) groups excluding carboxylic acids is 2. The number of nitrogens with one attached hydrogen (secondary N) is 1. The first kappa shape index (κ1) is 17.3. The maximum absolute atomic E-state index is 11.7. The molecule has 1 saturated carbocycles. The summed E-state index contributed by atoms with van der Waals surface area (Å²) in [7, 11) is 1.32. The number of esters is 1. The summed E-state index contributed by atoms with van der Waals surface area (Å²) in [5.74, 6) is -0.435. The topological polar surface area (TPSA) is 73.9 Å². The van der Waals surface area contributed by atoms with Gasteiger partial charge in [0, 0.05) is 6.04 Å². The molecule has 0 aliphatic heterocycles. The third kappa shape index (κ3) is 7.58. The number of alkyl carbamates (subject to hydrolysis) is 1. The van der Waals surface area contributed by atoms with E-state index in [2.05, 4.69) is 10.1 Å². The third-order valence-corrected chi connectivity index (χ3v) is 3.07. The Morgan fingerprint density at radius 2 is 1.76 bits per heavy atom. The summed E-state index contributed by atoms with van der Waals surface area (Å²) >= 11 is 0. The smallest absolute Gasteiger partial charge is 0.407 e. The predicted octanol–water partition coefficient (Wildman–Crippen LogP) is 2.53. The molecule has 0 aromatic carbocycles. The summed E-state index contributed by atoms with van der Waals surface area (Å²) in [6.45, 7) is 5.51. The molecule has 6 heteroatoms. The van der Waals surface area contributed by atoms with Crippen LogP contribution in [0.1, 0.15) is 46.5 Å². The lowest BCUT2D eigenvalue weighted by atomic mass is 9.93. The average Bonchev–Trinajstić information content (AvgIpc) is 2.38. The highest BCUT2D eigenvalue weighted by Gasteiger charge is 2.25. The Hall–Kier alpha value is -1.72. The fourth-order valence-electron chi connectivity index (χ4n) is 2.09. The molecule has 1 rings (SSSR count). The third-order valence-electron chi connectivity index (χ3n) is 3.07. The van der Waals surface area contributed by atoms with Crippen molar-refractivity contribution in [2.45, 2.75) is 64.2 Å². The van der Waals surface area contributed by atoms with Crippen LogP contribution in [0, 0.1) is 0 Å². The molecule has 120 valence electrons. The zero-order valence-electron chi connectivity index (χ0n) is 13.2. The van der Waals surface area contributed by atoms with Crippen molar-refractivity contribution in [3.8, 4) is 0 Å². The van der Waals surface area contributed by atoms with Gasteiger partial charge in [0.25, 0.3) is 0 Å². The summed E-state index contributed by atoms with van der Waals surface area (Å²) in [5, 5.41) is 2.87. The van der Waals surface area contributed by atoms with Crippen molar-refractivity contribution in [1.82, 2.24) is 5.32 Å². The van der Waals surface area contributed by atoms with Crippen molar-refractivity contribution in [2.75, 3.05) is 7.11 Å². The molecular weight excluding hydrogens is 274 g/mol. The van der Waals surface area contributed by atoms with Gasteiger partial charge >= 0.3 is 12.1 Å². The van der Waals surface area contributed by atoms with E-state index < -0.39 is 11.6 Å². The zero-order chi connectivity index (χ0) is 15.9. The standard InChI is InChI=1S/C15H25NO5/c1-15(2,3)21-14(18)16-11-5-7-12(8-6-11)20-10-9-13(17)19-4/h9-12H,5-8H2,1-4H3,(H,16,18)/b10-9+. The normalized spacial score (nSPS) is 22.7. The fourth-order valence-corrected chi connectivity index (χ4v) is 2.09. The first-order chi connectivity index (χ1) is 9.80. The van der Waals surface area contributed by atoms with Crippen LogP contribution in [0.3, 0.4) is 0 Å². The molecule has 1 aliphatic carbocycles. The predicted molar refractivity (Wildman–Crippen MR) is 77.7 cm³/mol. The SMILES string of the molecule is COC(=O)/C=C/OC1CCC(NC(=O)OC(C)(C)C)CC1. The molecular formula is C15H25NO5. The van der Waals surface area contributed by atoms with Crippen molar-refractivity contribution in [3.05, 3.63) is 12.3 Å². The van der Waals surface area contributed by atoms with Gasteiger partial charge in [0.05, 0.1) is 25.6 Å². The van der Waals surface area contributed by atoms with Crippen molar-refractivity contribution in [1.29, 1.82) is 0 Å². The van der Waals surface area contributed by atoms with Crippen LogP contribution in [-0.2, 0) is 19.0 Å². The van der Waals surface area contributed by atoms with Gasteiger partial charge in [-0.15, -0.1) is 0 Å². The molecule has 0 unspecified atom stereocenters. The molecule has 21 heavy (non-hydrogen) atoms. The molecule has 0 atom stereocenters. The lowest BCUT2D eigenvalue weighted by Gasteiger charge is -2.29. The highest BCUT2D eigenvalue weighted by atomic mass is 16.6. The van der Waals surface area contributed by atoms with Gasteiger partial charge in [-0.1, -0.05) is 0 Å². The summed E-state index contributed by atoms with van der Waals surface area (Å²) in [6.07, 6.45) is 5.63. The van der Waals surface area contributed by atoms with Gasteiger partial charge in [-0.2, -0.15) is 0 Å². The number of hydrogen-bond donors (Lipinski definition) is 1. The Labute approximate surface area is 125 Å². The Morgan fingerprint density at radius 1 is 1.14 bits per heavy atom. The molecule has 0 bridgehead atoms. The number of ether oxygens (including phenoxy) is 3. The Morgan fingerprint density at radius 3 is 2.29 bits per heavy atom. The molecule has 0 saturated heterocycles. The van der Waals surface area contributed by atoms with Gasteiger partial charge in [-0.25, -0.2) is 9.59 Å². The Kier molecular flexibility index (Phi) is 6.52. The second-order valence-corrected chi connectivity index (χ2v) is 6.08. The number of amides is 1. The van der Waals surface area contributed by atoms with E-state index in [1.165, 1.54) is 19.4 Å². The fraction of sp³-hybridized carbons (Fsp3) is 0.733. The number of hydrogen-bond acceptors (Lipinski definition) is 5. The molecule has 1 N–H and O–H groups in total. The van der Waals surface area contributed by atoms with Crippen LogP contribution in [0.25, 0.3) is 0 Å².